The maximum atomic E-state index is 14.6. The van der Waals surface area contributed by atoms with Crippen LogP contribution in [0.5, 0.6) is 0 Å². The van der Waals surface area contributed by atoms with E-state index in [4.69, 9.17) is 45.9 Å². The molecule has 0 spiro atoms. The van der Waals surface area contributed by atoms with Crippen LogP contribution in [0.2, 0.25) is 0 Å². The van der Waals surface area contributed by atoms with E-state index in [0.717, 1.165) is 0 Å². The minimum Gasteiger partial charge on any atom is -0.481 e. The quantitative estimate of drug-likeness (QED) is 0.0251. The molecule has 0 heterocycles. The van der Waals surface area contributed by atoms with Crippen molar-refractivity contribution >= 4 is 142 Å². The molecule has 52 nitrogen and oxygen atoms in total. The van der Waals surface area contributed by atoms with E-state index in [1.54, 1.807) is 34.6 Å². The third kappa shape index (κ3) is 45.8. The molecule has 36 N–H and O–H groups in total. The fourth-order valence-corrected chi connectivity index (χ4v) is 12.1. The van der Waals surface area contributed by atoms with Gasteiger partial charge in [0.2, 0.25) is 124 Å². The number of rotatable bonds is 67. The van der Waals surface area contributed by atoms with E-state index in [0.29, 0.717) is 0 Å². The van der Waals surface area contributed by atoms with Crippen molar-refractivity contribution in [3.05, 3.63) is 0 Å². The summed E-state index contributed by atoms with van der Waals surface area (Å²) in [6.07, 6.45) is -10.3. The molecule has 0 aromatic carbocycles. The van der Waals surface area contributed by atoms with E-state index in [1.807, 2.05) is 5.32 Å². The Morgan fingerprint density at radius 1 is 0.266 bits per heavy atom. The van der Waals surface area contributed by atoms with Gasteiger partial charge in [-0.05, 0) is 101 Å². The molecule has 0 saturated heterocycles. The maximum absolute atomic E-state index is 14.6. The third-order valence-corrected chi connectivity index (χ3v) is 19.5. The van der Waals surface area contributed by atoms with E-state index in [-0.39, 0.29) is 57.4 Å². The molecule has 0 unspecified atom stereocenters. The van der Waals surface area contributed by atoms with Crippen LogP contribution < -0.4 is 126 Å². The number of amides is 21. The van der Waals surface area contributed by atoms with Crippen molar-refractivity contribution in [1.82, 2.24) is 79.8 Å². The summed E-state index contributed by atoms with van der Waals surface area (Å²) in [7, 11) is 0. The van der Waals surface area contributed by atoms with E-state index < -0.39 is 360 Å². The number of carbonyl (C=O) groups excluding carboxylic acids is 21. The predicted molar refractivity (Wildman–Crippen MR) is 446 cm³/mol. The molecule has 0 aromatic rings. The fourth-order valence-electron chi connectivity index (χ4n) is 12.1. The second-order valence-corrected chi connectivity index (χ2v) is 31.3. The van der Waals surface area contributed by atoms with Crippen LogP contribution in [-0.4, -0.2) is 284 Å². The summed E-state index contributed by atoms with van der Waals surface area (Å²) in [6, 6.07) is -27.4. The summed E-state index contributed by atoms with van der Waals surface area (Å²) in [4.78, 5) is 320. The zero-order chi connectivity index (χ0) is 98.1. The molecule has 17 atom stereocenters. The maximum Gasteiger partial charge on any atom is 0.328 e. The van der Waals surface area contributed by atoms with Crippen LogP contribution >= 0.6 is 0 Å². The second kappa shape index (κ2) is 59.9. The number of aliphatic carboxylic acids is 3. The number of hydrogen-bond donors (Lipinski definition) is 28. The Bertz CT molecular complexity index is 3890. The van der Waals surface area contributed by atoms with Crippen molar-refractivity contribution in [2.75, 3.05) is 26.3 Å². The number of nitrogens with two attached hydrogens (primary N) is 8. The van der Waals surface area contributed by atoms with Gasteiger partial charge in [0.25, 0.3) is 0 Å². The van der Waals surface area contributed by atoms with Gasteiger partial charge in [-0.15, -0.1) is 0 Å². The Morgan fingerprint density at radius 2 is 0.500 bits per heavy atom. The minimum absolute atomic E-state index is 0.00586. The summed E-state index contributed by atoms with van der Waals surface area (Å²) in [6.45, 7) is 9.82. The highest BCUT2D eigenvalue weighted by Gasteiger charge is 2.41. The zero-order valence-corrected chi connectivity index (χ0v) is 72.8. The lowest BCUT2D eigenvalue weighted by atomic mass is 9.96. The number of primary amides is 6. The monoisotopic (exact) mass is 1830 g/mol. The van der Waals surface area contributed by atoms with Crippen LogP contribution in [0.1, 0.15) is 190 Å². The Labute approximate surface area is 736 Å². The molecule has 722 valence electrons. The van der Waals surface area contributed by atoms with Gasteiger partial charge in [-0.3, -0.25) is 110 Å². The molecule has 0 aliphatic heterocycles. The zero-order valence-electron chi connectivity index (χ0n) is 72.8. The Morgan fingerprint density at radius 3 is 0.758 bits per heavy atom. The first-order valence-electron chi connectivity index (χ1n) is 41.3. The van der Waals surface area contributed by atoms with Crippen molar-refractivity contribution in [2.24, 2.45) is 69.5 Å². The van der Waals surface area contributed by atoms with Crippen LogP contribution in [0, 0.1) is 23.7 Å². The van der Waals surface area contributed by atoms with E-state index >= 15 is 0 Å². The van der Waals surface area contributed by atoms with Gasteiger partial charge >= 0.3 is 17.9 Å². The number of aliphatic hydroxyl groups is 2. The molecule has 0 radical (unpaired) electrons. The summed E-state index contributed by atoms with van der Waals surface area (Å²) in [5, 5.41) is 83.0. The van der Waals surface area contributed by atoms with Crippen molar-refractivity contribution in [3.8, 4) is 0 Å². The normalized spacial score (nSPS) is 15.0. The summed E-state index contributed by atoms with van der Waals surface area (Å²) >= 11 is 0. The molecule has 0 aliphatic rings. The lowest BCUT2D eigenvalue weighted by molar-refractivity contribution is -0.143. The van der Waals surface area contributed by atoms with E-state index in [1.165, 1.54) is 20.8 Å². The predicted octanol–water partition coefficient (Wildman–Crippen LogP) is -11.9. The highest BCUT2D eigenvalue weighted by Crippen LogP contribution is 2.17. The van der Waals surface area contributed by atoms with Gasteiger partial charge in [0.15, 0.2) is 0 Å². The van der Waals surface area contributed by atoms with Crippen molar-refractivity contribution in [1.29, 1.82) is 0 Å². The summed E-state index contributed by atoms with van der Waals surface area (Å²) < 4.78 is 0. The second-order valence-electron chi connectivity index (χ2n) is 31.3. The minimum atomic E-state index is -2.14. The number of aliphatic hydroxyl groups excluding tert-OH is 2. The first-order valence-corrected chi connectivity index (χ1v) is 41.3. The Hall–Kier alpha value is -12.9. The molecule has 0 rings (SSSR count). The molecule has 128 heavy (non-hydrogen) atoms. The van der Waals surface area contributed by atoms with Crippen molar-refractivity contribution in [2.45, 2.75) is 281 Å². The topological polar surface area (TPSA) is 899 Å². The van der Waals surface area contributed by atoms with Crippen LogP contribution in [0.4, 0.5) is 0 Å². The standard InChI is InChI=1S/C76H129N23O29/c1-9-36(7)60(98-67(118)42(17-23-54(82)105)89-64(115)43(18-24-58(109)110)92-73(124)49(32-100)96-75(126)61(37(8)10-2)99-68(119)44(19-25-59(111)112)91-69(120)45(27-34(3)4)85-57(108)31-78)74(125)95-48(30-56(84)107)71(122)90-39(14-20-51(79)102)63(114)88-40(15-21-52(80)103)65(116)94-47(29-55(83)106)72(123)93-46(28-35(5)6)70(121)86-38(13-11-12-26-77)62(113)87-41(16-22-53(81)104)66(117)97-50(33-101)76(127)128/h34-50,60-61,100-101H,9-33,77-78H2,1-8H3,(H2,79,102)(H2,80,103)(H2,81,104)(H2,82,105)(H2,83,106)(H2,84,107)(H,85,108)(H,86,121)(H,87,113)(H,88,114)(H,89,115)(H,90,122)(H,91,120)(H,92,124)(H,93,123)(H,94,116)(H,95,125)(H,96,126)(H,97,117)(H,98,118)(H,99,119)(H,109,110)(H,111,112)(H,127,128)/t36-,37-,38-,39-,40-,41-,42-,43-,44-,45-,46-,47-,48-,49-,50-,60-,61-/m0/s1. The molecular weight excluding hydrogens is 1700 g/mol. The summed E-state index contributed by atoms with van der Waals surface area (Å²) in [5.41, 5.74) is 43.7. The Balaban J connectivity index is 7.47. The van der Waals surface area contributed by atoms with Gasteiger partial charge in [-0.1, -0.05) is 68.2 Å². The SMILES string of the molecule is CC[C@H](C)[C@H](NC(=O)[C@H](CCC(=O)O)NC(=O)[C@H](CC(C)C)NC(=O)CN)C(=O)N[C@@H](CO)C(=O)N[C@@H](CCC(=O)O)C(=O)N[C@@H](CCC(N)=O)C(=O)N[C@H](C(=O)N[C@@H](CC(N)=O)C(=O)N[C@@H](CCC(N)=O)C(=O)N[C@@H](CCC(N)=O)C(=O)N[C@@H](CC(N)=O)C(=O)N[C@@H](CC(C)C)C(=O)N[C@@H](CCCCN)C(=O)N[C@@H](CCC(N)=O)C(=O)N[C@@H](CO)C(=O)O)[C@@H](C)CC. The average molecular weight is 1830 g/mol. The molecule has 0 bridgehead atoms. The number of unbranched alkanes of at least 4 members (excludes halogenated alkanes) is 1. The largest absolute Gasteiger partial charge is 0.481 e. The lowest BCUT2D eigenvalue weighted by Gasteiger charge is -2.30. The highest BCUT2D eigenvalue weighted by atomic mass is 16.4. The van der Waals surface area contributed by atoms with Gasteiger partial charge < -0.3 is 151 Å². The van der Waals surface area contributed by atoms with Crippen LogP contribution in [-0.2, 0) is 115 Å². The molecule has 0 aromatic heterocycles. The molecule has 21 amide bonds. The first kappa shape index (κ1) is 115. The smallest absolute Gasteiger partial charge is 0.328 e. The third-order valence-electron chi connectivity index (χ3n) is 19.5. The van der Waals surface area contributed by atoms with E-state index in [9.17, 15) is 141 Å². The molecule has 52 heteroatoms. The fraction of sp³-hybridized carbons (Fsp3) is 0.684. The molecular formula is C76H129N23O29. The van der Waals surface area contributed by atoms with Crippen LogP contribution in [0.25, 0.3) is 0 Å². The van der Waals surface area contributed by atoms with Gasteiger partial charge in [0, 0.05) is 38.5 Å². The lowest BCUT2D eigenvalue weighted by Crippen LogP contribution is -2.62. The van der Waals surface area contributed by atoms with Gasteiger partial charge in [0.05, 0.1) is 32.6 Å². The van der Waals surface area contributed by atoms with Gasteiger partial charge in [-0.25, -0.2) is 4.79 Å². The molecule has 0 fully saturated rings. The van der Waals surface area contributed by atoms with Crippen molar-refractivity contribution < 1.29 is 141 Å². The van der Waals surface area contributed by atoms with Crippen LogP contribution in [0.15, 0.2) is 0 Å². The van der Waals surface area contributed by atoms with Crippen LogP contribution in [0.3, 0.4) is 0 Å². The van der Waals surface area contributed by atoms with E-state index in [2.05, 4.69) is 74.4 Å². The van der Waals surface area contributed by atoms with Gasteiger partial charge in [-0.2, -0.15) is 0 Å². The highest BCUT2D eigenvalue weighted by molar-refractivity contribution is 6.02. The molecule has 0 saturated carbocycles. The number of hydrogen-bond acceptors (Lipinski definition) is 28. The first-order chi connectivity index (χ1) is 59.8. The number of nitrogens with one attached hydrogen (secondary N) is 15. The molecule has 0 aliphatic carbocycles. The average Bonchev–Trinajstić information content (AvgIpc) is 0.849. The number of carbonyl (C=O) groups is 24. The number of carboxylic acids is 3. The summed E-state index contributed by atoms with van der Waals surface area (Å²) in [5.74, 6) is -32.1. The number of carboxylic acid groups (broad SMARTS) is 3. The van der Waals surface area contributed by atoms with Gasteiger partial charge in [0.1, 0.15) is 90.6 Å². The van der Waals surface area contributed by atoms with Crippen molar-refractivity contribution in [3.63, 3.8) is 0 Å². The Kier molecular flexibility index (Phi) is 53.9.